The van der Waals surface area contributed by atoms with Gasteiger partial charge in [0, 0.05) is 32.7 Å². The predicted molar refractivity (Wildman–Crippen MR) is 97.0 cm³/mol. The first kappa shape index (κ1) is 15.5. The fraction of sp³-hybridized carbons (Fsp3) is 0.111. The van der Waals surface area contributed by atoms with Gasteiger partial charge in [-0.15, -0.1) is 0 Å². The molecule has 3 rings (SSSR count). The van der Waals surface area contributed by atoms with E-state index in [2.05, 4.69) is 31.4 Å². The molecule has 1 amide bonds. The Bertz CT molecular complexity index is 912. The van der Waals surface area contributed by atoms with Crippen molar-refractivity contribution in [1.82, 2.24) is 10.4 Å². The molecule has 0 aliphatic rings. The fourth-order valence-corrected chi connectivity index (χ4v) is 2.87. The minimum Gasteiger partial charge on any atom is -0.361 e. The zero-order valence-corrected chi connectivity index (χ0v) is 14.4. The highest BCUT2D eigenvalue weighted by Crippen LogP contribution is 2.21. The van der Waals surface area contributed by atoms with Gasteiger partial charge in [-0.25, -0.2) is 5.43 Å². The zero-order chi connectivity index (χ0) is 16.4. The summed E-state index contributed by atoms with van der Waals surface area (Å²) in [6.07, 6.45) is 3.51. The van der Waals surface area contributed by atoms with E-state index in [0.29, 0.717) is 5.56 Å². The molecule has 4 nitrogen and oxygen atoms in total. The molecule has 23 heavy (non-hydrogen) atoms. The summed E-state index contributed by atoms with van der Waals surface area (Å²) in [5.74, 6) is -0.209. The first-order chi connectivity index (χ1) is 11.0. The van der Waals surface area contributed by atoms with Crippen LogP contribution in [0.25, 0.3) is 10.9 Å². The smallest absolute Gasteiger partial charge is 0.271 e. The van der Waals surface area contributed by atoms with Gasteiger partial charge >= 0.3 is 0 Å². The molecule has 0 aliphatic carbocycles. The average Bonchev–Trinajstić information content (AvgIpc) is 2.89. The van der Waals surface area contributed by atoms with Gasteiger partial charge in [-0.3, -0.25) is 4.79 Å². The van der Waals surface area contributed by atoms with Crippen LogP contribution in [0.15, 0.2) is 52.2 Å². The van der Waals surface area contributed by atoms with Crippen LogP contribution in [0.2, 0.25) is 0 Å². The number of hydrogen-bond donors (Lipinski definition) is 2. The molecule has 2 N–H and O–H groups in total. The number of hydrazone groups is 1. The van der Waals surface area contributed by atoms with Crippen molar-refractivity contribution in [2.75, 3.05) is 0 Å². The van der Waals surface area contributed by atoms with E-state index in [-0.39, 0.29) is 5.91 Å². The van der Waals surface area contributed by atoms with Gasteiger partial charge in [-0.05, 0) is 43.7 Å². The topological polar surface area (TPSA) is 57.2 Å². The molecule has 3 aromatic rings. The number of nitrogens with zero attached hydrogens (tertiary/aromatic N) is 1. The lowest BCUT2D eigenvalue weighted by Gasteiger charge is -2.04. The Morgan fingerprint density at radius 3 is 2.83 bits per heavy atom. The maximum Gasteiger partial charge on any atom is 0.271 e. The quantitative estimate of drug-likeness (QED) is 0.524. The van der Waals surface area contributed by atoms with Gasteiger partial charge in [-0.2, -0.15) is 5.10 Å². The van der Waals surface area contributed by atoms with Gasteiger partial charge in [0.15, 0.2) is 0 Å². The molecule has 116 valence electrons. The van der Waals surface area contributed by atoms with E-state index in [0.717, 1.165) is 32.1 Å². The SMILES string of the molecule is Cc1ccc(C(=O)N/N=C\c2c[nH]c3ccc(Br)cc23)c(C)c1. The molecule has 2 aromatic carbocycles. The van der Waals surface area contributed by atoms with Crippen molar-refractivity contribution in [3.8, 4) is 0 Å². The van der Waals surface area contributed by atoms with Crippen LogP contribution in [0.3, 0.4) is 0 Å². The van der Waals surface area contributed by atoms with Gasteiger partial charge in [0.05, 0.1) is 6.21 Å². The Labute approximate surface area is 142 Å². The lowest BCUT2D eigenvalue weighted by molar-refractivity contribution is 0.0954. The van der Waals surface area contributed by atoms with Gasteiger partial charge in [-0.1, -0.05) is 33.6 Å². The summed E-state index contributed by atoms with van der Waals surface area (Å²) in [6.45, 7) is 3.92. The van der Waals surface area contributed by atoms with Gasteiger partial charge < -0.3 is 4.98 Å². The van der Waals surface area contributed by atoms with Crippen LogP contribution in [0.5, 0.6) is 0 Å². The first-order valence-corrected chi connectivity index (χ1v) is 8.01. The average molecular weight is 370 g/mol. The van der Waals surface area contributed by atoms with Crippen LogP contribution in [0, 0.1) is 13.8 Å². The summed E-state index contributed by atoms with van der Waals surface area (Å²) in [5, 5.41) is 5.12. The highest BCUT2D eigenvalue weighted by Gasteiger charge is 2.08. The number of benzene rings is 2. The summed E-state index contributed by atoms with van der Waals surface area (Å²) in [6, 6.07) is 11.7. The molecular formula is C18H16BrN3O. The molecule has 0 saturated heterocycles. The van der Waals surface area contributed by atoms with Crippen LogP contribution >= 0.6 is 15.9 Å². The van der Waals surface area contributed by atoms with E-state index in [1.54, 1.807) is 6.21 Å². The lowest BCUT2D eigenvalue weighted by atomic mass is 10.1. The third-order valence-electron chi connectivity index (χ3n) is 3.67. The number of hydrogen-bond acceptors (Lipinski definition) is 2. The Balaban J connectivity index is 1.77. The van der Waals surface area contributed by atoms with Crippen LogP contribution in [-0.2, 0) is 0 Å². The van der Waals surface area contributed by atoms with E-state index in [1.165, 1.54) is 0 Å². The zero-order valence-electron chi connectivity index (χ0n) is 12.9. The minimum absolute atomic E-state index is 0.209. The largest absolute Gasteiger partial charge is 0.361 e. The number of H-pyrrole nitrogens is 1. The number of aromatic amines is 1. The number of fused-ring (bicyclic) bond motifs is 1. The highest BCUT2D eigenvalue weighted by atomic mass is 79.9. The molecule has 0 spiro atoms. The second kappa shape index (κ2) is 6.38. The number of halogens is 1. The standard InChI is InChI=1S/C18H16BrN3O/c1-11-3-5-15(12(2)7-11)18(23)22-21-10-13-9-20-17-6-4-14(19)8-16(13)17/h3-10,20H,1-2H3,(H,22,23)/b21-10-. The molecule has 5 heteroatoms. The van der Waals surface area contributed by atoms with E-state index in [9.17, 15) is 4.79 Å². The molecule has 0 atom stereocenters. The summed E-state index contributed by atoms with van der Waals surface area (Å²) >= 11 is 3.46. The first-order valence-electron chi connectivity index (χ1n) is 7.22. The Morgan fingerprint density at radius 2 is 2.04 bits per heavy atom. The summed E-state index contributed by atoms with van der Waals surface area (Å²) in [4.78, 5) is 15.4. The summed E-state index contributed by atoms with van der Waals surface area (Å²) in [5.41, 5.74) is 7.23. The number of carbonyl (C=O) groups excluding carboxylic acids is 1. The minimum atomic E-state index is -0.209. The Kier molecular flexibility index (Phi) is 4.30. The van der Waals surface area contributed by atoms with Gasteiger partial charge in [0.2, 0.25) is 0 Å². The van der Waals surface area contributed by atoms with Crippen LogP contribution < -0.4 is 5.43 Å². The summed E-state index contributed by atoms with van der Waals surface area (Å²) in [7, 11) is 0. The number of carbonyl (C=O) groups is 1. The van der Waals surface area contributed by atoms with Crippen molar-refractivity contribution in [2.45, 2.75) is 13.8 Å². The maximum absolute atomic E-state index is 12.2. The third-order valence-corrected chi connectivity index (χ3v) is 4.17. The number of nitrogens with one attached hydrogen (secondary N) is 2. The van der Waals surface area contributed by atoms with Crippen molar-refractivity contribution in [2.24, 2.45) is 5.10 Å². The Hall–Kier alpha value is -2.40. The number of aromatic nitrogens is 1. The van der Waals surface area contributed by atoms with E-state index in [4.69, 9.17) is 0 Å². The van der Waals surface area contributed by atoms with E-state index < -0.39 is 0 Å². The van der Waals surface area contributed by atoms with E-state index in [1.807, 2.05) is 56.4 Å². The second-order valence-corrected chi connectivity index (χ2v) is 6.37. The van der Waals surface area contributed by atoms with Crippen LogP contribution in [0.1, 0.15) is 27.0 Å². The summed E-state index contributed by atoms with van der Waals surface area (Å²) < 4.78 is 0.999. The van der Waals surface area contributed by atoms with Crippen molar-refractivity contribution in [3.63, 3.8) is 0 Å². The normalized spacial score (nSPS) is 11.3. The number of rotatable bonds is 3. The van der Waals surface area contributed by atoms with Crippen LogP contribution in [0.4, 0.5) is 0 Å². The van der Waals surface area contributed by atoms with Crippen molar-refractivity contribution in [1.29, 1.82) is 0 Å². The fourth-order valence-electron chi connectivity index (χ4n) is 2.51. The molecule has 0 radical (unpaired) electrons. The van der Waals surface area contributed by atoms with Crippen LogP contribution in [-0.4, -0.2) is 17.1 Å². The number of amides is 1. The monoisotopic (exact) mass is 369 g/mol. The molecule has 1 heterocycles. The van der Waals surface area contributed by atoms with Crippen molar-refractivity contribution < 1.29 is 4.79 Å². The van der Waals surface area contributed by atoms with E-state index >= 15 is 0 Å². The predicted octanol–water partition coefficient (Wildman–Crippen LogP) is 4.31. The molecular weight excluding hydrogens is 354 g/mol. The molecule has 0 aliphatic heterocycles. The highest BCUT2D eigenvalue weighted by molar-refractivity contribution is 9.10. The number of aryl methyl sites for hydroxylation is 2. The molecule has 1 aromatic heterocycles. The molecule has 0 saturated carbocycles. The van der Waals surface area contributed by atoms with Crippen molar-refractivity contribution in [3.05, 3.63) is 69.3 Å². The maximum atomic E-state index is 12.2. The molecule has 0 unspecified atom stereocenters. The van der Waals surface area contributed by atoms with Gasteiger partial charge in [0.25, 0.3) is 5.91 Å². The molecule has 0 bridgehead atoms. The van der Waals surface area contributed by atoms with Gasteiger partial charge in [0.1, 0.15) is 0 Å². The second-order valence-electron chi connectivity index (χ2n) is 5.45. The lowest BCUT2D eigenvalue weighted by Crippen LogP contribution is -2.18. The third kappa shape index (κ3) is 3.35. The van der Waals surface area contributed by atoms with Crippen molar-refractivity contribution >= 4 is 39.0 Å². The molecule has 0 fully saturated rings. The Morgan fingerprint density at radius 1 is 1.22 bits per heavy atom.